The summed E-state index contributed by atoms with van der Waals surface area (Å²) in [4.78, 5) is 31.1. The second-order valence-electron chi connectivity index (χ2n) is 20.7. The molecule has 2 atom stereocenters. The van der Waals surface area contributed by atoms with Crippen molar-refractivity contribution in [2.75, 3.05) is 6.61 Å². The highest BCUT2D eigenvalue weighted by atomic mass is 31.2. The smallest absolute Gasteiger partial charge is 0.387 e. The summed E-state index contributed by atoms with van der Waals surface area (Å²) in [5.74, 6) is -0.219. The van der Waals surface area contributed by atoms with Gasteiger partial charge in [0, 0.05) is 6.42 Å². The van der Waals surface area contributed by atoms with Crippen molar-refractivity contribution in [3.63, 3.8) is 0 Å². The molecule has 0 fully saturated rings. The highest BCUT2D eigenvalue weighted by Gasteiger charge is 2.24. The van der Waals surface area contributed by atoms with Gasteiger partial charge >= 0.3 is 7.82 Å². The van der Waals surface area contributed by atoms with Gasteiger partial charge in [-0.05, 0) is 19.3 Å². The summed E-state index contributed by atoms with van der Waals surface area (Å²) in [6, 6.07) is -0.906. The Kier molecular flexibility index (Phi) is 53.0. The molecule has 0 rings (SSSR count). The van der Waals surface area contributed by atoms with E-state index >= 15 is 0 Å². The van der Waals surface area contributed by atoms with Crippen molar-refractivity contribution in [1.82, 2.24) is 5.32 Å². The lowest BCUT2D eigenvalue weighted by atomic mass is 10.0. The number of nitrogens with one attached hydrogen (secondary N) is 1. The van der Waals surface area contributed by atoms with E-state index in [1.807, 2.05) is 6.08 Å². The largest absolute Gasteiger partial charge is 0.469 e. The molecule has 7 nitrogen and oxygen atoms in total. The Hall–Kier alpha value is -0.720. The summed E-state index contributed by atoms with van der Waals surface area (Å²) in [6.45, 7) is 4.11. The molecule has 0 aliphatic heterocycles. The monoisotopic (exact) mass is 954 g/mol. The number of amides is 1. The average molecular weight is 955 g/mol. The van der Waals surface area contributed by atoms with Crippen LogP contribution in [0.5, 0.6) is 0 Å². The molecule has 8 heteroatoms. The van der Waals surface area contributed by atoms with E-state index in [4.69, 9.17) is 0 Å². The molecule has 394 valence electrons. The first-order valence-electron chi connectivity index (χ1n) is 29.6. The third-order valence-electron chi connectivity index (χ3n) is 14.0. The Balaban J connectivity index is 3.59. The second kappa shape index (κ2) is 53.6. The third kappa shape index (κ3) is 54.2. The minimum absolute atomic E-state index is 0.219. The quantitative estimate of drug-likeness (QED) is 0.0274. The minimum atomic E-state index is -4.72. The predicted octanol–water partition coefficient (Wildman–Crippen LogP) is 19.0. The Morgan fingerprint density at radius 1 is 0.424 bits per heavy atom. The van der Waals surface area contributed by atoms with Crippen molar-refractivity contribution in [3.05, 3.63) is 12.2 Å². The van der Waals surface area contributed by atoms with Crippen LogP contribution in [-0.4, -0.2) is 39.6 Å². The van der Waals surface area contributed by atoms with E-state index in [0.717, 1.165) is 38.5 Å². The van der Waals surface area contributed by atoms with Gasteiger partial charge in [-0.25, -0.2) is 4.57 Å². The summed E-state index contributed by atoms with van der Waals surface area (Å²) >= 11 is 0. The summed E-state index contributed by atoms with van der Waals surface area (Å²) in [7, 11) is -4.72. The highest BCUT2D eigenvalue weighted by molar-refractivity contribution is 7.46. The molecular weight excluding hydrogens is 838 g/mol. The van der Waals surface area contributed by atoms with E-state index in [2.05, 4.69) is 23.7 Å². The van der Waals surface area contributed by atoms with E-state index in [1.54, 1.807) is 6.08 Å². The lowest BCUT2D eigenvalue weighted by molar-refractivity contribution is -0.123. The second-order valence-corrected chi connectivity index (χ2v) is 21.9. The zero-order chi connectivity index (χ0) is 48.1. The van der Waals surface area contributed by atoms with Gasteiger partial charge in [0.1, 0.15) is 0 Å². The number of allylic oxidation sites excluding steroid dienone is 1. The number of carbonyl (C=O) groups is 1. The van der Waals surface area contributed by atoms with Crippen LogP contribution >= 0.6 is 7.82 Å². The van der Waals surface area contributed by atoms with Crippen LogP contribution in [0, 0.1) is 0 Å². The van der Waals surface area contributed by atoms with Gasteiger partial charge in [-0.1, -0.05) is 321 Å². The molecule has 0 spiro atoms. The van der Waals surface area contributed by atoms with E-state index in [1.165, 1.54) is 276 Å². The van der Waals surface area contributed by atoms with Crippen molar-refractivity contribution in [1.29, 1.82) is 0 Å². The molecule has 0 unspecified atom stereocenters. The molecule has 0 aliphatic carbocycles. The van der Waals surface area contributed by atoms with Crippen LogP contribution in [0.25, 0.3) is 0 Å². The maximum atomic E-state index is 12.7. The molecule has 0 aromatic rings. The maximum Gasteiger partial charge on any atom is 0.469 e. The fourth-order valence-corrected chi connectivity index (χ4v) is 9.88. The number of aliphatic hydroxyl groups is 1. The molecule has 1 amide bonds. The summed E-state index contributed by atoms with van der Waals surface area (Å²) in [5.41, 5.74) is 0. The fourth-order valence-electron chi connectivity index (χ4n) is 9.52. The van der Waals surface area contributed by atoms with Gasteiger partial charge < -0.3 is 20.2 Å². The molecule has 66 heavy (non-hydrogen) atoms. The van der Waals surface area contributed by atoms with Crippen LogP contribution in [0.3, 0.4) is 0 Å². The minimum Gasteiger partial charge on any atom is -0.387 e. The Morgan fingerprint density at radius 3 is 0.924 bits per heavy atom. The normalized spacial score (nSPS) is 13.0. The number of aliphatic hydroxyl groups excluding tert-OH is 1. The first kappa shape index (κ1) is 65.3. The number of phosphoric acid groups is 1. The van der Waals surface area contributed by atoms with Crippen LogP contribution in [-0.2, 0) is 13.9 Å². The van der Waals surface area contributed by atoms with Gasteiger partial charge in [0.05, 0.1) is 18.8 Å². The van der Waals surface area contributed by atoms with Crippen LogP contribution in [0.2, 0.25) is 0 Å². The topological polar surface area (TPSA) is 116 Å². The van der Waals surface area contributed by atoms with E-state index < -0.39 is 26.6 Å². The number of phosphoric ester groups is 1. The van der Waals surface area contributed by atoms with E-state index in [9.17, 15) is 24.3 Å². The molecule has 0 radical (unpaired) electrons. The van der Waals surface area contributed by atoms with Crippen molar-refractivity contribution in [2.24, 2.45) is 0 Å². The molecule has 0 heterocycles. The number of hydrogen-bond acceptors (Lipinski definition) is 4. The fraction of sp³-hybridized carbons (Fsp3) is 0.948. The molecule has 0 bridgehead atoms. The number of unbranched alkanes of at least 4 members (excludes halogenated alkanes) is 47. The zero-order valence-electron chi connectivity index (χ0n) is 44.4. The van der Waals surface area contributed by atoms with Gasteiger partial charge in [-0.3, -0.25) is 9.32 Å². The van der Waals surface area contributed by atoms with Crippen molar-refractivity contribution >= 4 is 13.7 Å². The van der Waals surface area contributed by atoms with Crippen molar-refractivity contribution in [3.8, 4) is 0 Å². The van der Waals surface area contributed by atoms with Gasteiger partial charge in [-0.2, -0.15) is 0 Å². The van der Waals surface area contributed by atoms with Crippen LogP contribution in [0.1, 0.15) is 335 Å². The Labute approximate surface area is 412 Å². The molecule has 0 aromatic carbocycles. The van der Waals surface area contributed by atoms with E-state index in [0.29, 0.717) is 6.42 Å². The molecule has 0 aromatic heterocycles. The first-order chi connectivity index (χ1) is 32.3. The van der Waals surface area contributed by atoms with Gasteiger partial charge in [0.15, 0.2) is 0 Å². The van der Waals surface area contributed by atoms with Crippen LogP contribution in [0.4, 0.5) is 0 Å². The zero-order valence-corrected chi connectivity index (χ0v) is 45.3. The first-order valence-corrected chi connectivity index (χ1v) is 31.2. The van der Waals surface area contributed by atoms with Crippen molar-refractivity contribution in [2.45, 2.75) is 347 Å². The molecule has 0 aliphatic rings. The molecule has 0 saturated carbocycles. The van der Waals surface area contributed by atoms with Crippen LogP contribution in [0.15, 0.2) is 12.2 Å². The standard InChI is InChI=1S/C58H116NO6P/c1-3-5-7-9-11-13-15-17-19-20-21-22-23-24-25-26-27-28-29-30-31-32-33-34-35-36-37-38-39-40-42-44-46-48-50-52-54-58(61)59-56(55-65-66(62,63)64)57(60)53-51-49-47-45-43-41-18-16-14-12-10-8-6-4-2/h51,53,56-57,60H,3-50,52,54-55H2,1-2H3,(H,59,61)(H2,62,63,64)/b53-51+/t56-,57+/m0/s1. The average Bonchev–Trinajstić information content (AvgIpc) is 3.30. The predicted molar refractivity (Wildman–Crippen MR) is 287 cm³/mol. The lowest BCUT2D eigenvalue weighted by Crippen LogP contribution is -2.45. The maximum absolute atomic E-state index is 12.7. The Morgan fingerprint density at radius 2 is 0.667 bits per heavy atom. The number of rotatable bonds is 56. The van der Waals surface area contributed by atoms with E-state index in [-0.39, 0.29) is 5.91 Å². The number of carbonyl (C=O) groups excluding carboxylic acids is 1. The third-order valence-corrected chi connectivity index (χ3v) is 14.5. The SMILES string of the molecule is CCCCCCCCCCCCCC/C=C/[C@@H](O)[C@H](COP(=O)(O)O)NC(=O)CCCCCCCCCCCCCCCCCCCCCCCCCCCCCCCCCCCCCC. The Bertz CT molecular complexity index is 1040. The van der Waals surface area contributed by atoms with Gasteiger partial charge in [0.25, 0.3) is 0 Å². The molecule has 0 saturated heterocycles. The van der Waals surface area contributed by atoms with Crippen molar-refractivity contribution < 1.29 is 28.8 Å². The summed E-state index contributed by atoms with van der Waals surface area (Å²) in [6.07, 6.45) is 68.8. The van der Waals surface area contributed by atoms with Crippen LogP contribution < -0.4 is 5.32 Å². The highest BCUT2D eigenvalue weighted by Crippen LogP contribution is 2.36. The number of hydrogen-bond donors (Lipinski definition) is 4. The lowest BCUT2D eigenvalue weighted by Gasteiger charge is -2.22. The van der Waals surface area contributed by atoms with Gasteiger partial charge in [0.2, 0.25) is 5.91 Å². The molecule has 4 N–H and O–H groups in total. The summed E-state index contributed by atoms with van der Waals surface area (Å²) < 4.78 is 16.0. The molecular formula is C58H116NO6P. The van der Waals surface area contributed by atoms with Gasteiger partial charge in [-0.15, -0.1) is 0 Å². The summed E-state index contributed by atoms with van der Waals surface area (Å²) in [5, 5.41) is 13.5.